The lowest BCUT2D eigenvalue weighted by molar-refractivity contribution is 0.244. The Balaban J connectivity index is 1.64. The second-order valence-corrected chi connectivity index (χ2v) is 8.70. The van der Waals surface area contributed by atoms with Crippen molar-refractivity contribution in [2.24, 2.45) is 0 Å². The van der Waals surface area contributed by atoms with Gasteiger partial charge in [-0.2, -0.15) is 4.98 Å². The van der Waals surface area contributed by atoms with Crippen LogP contribution in [0.4, 0.5) is 10.5 Å². The fraction of sp³-hybridized carbons (Fsp3) is 0.148. The van der Waals surface area contributed by atoms with Crippen LogP contribution in [0.3, 0.4) is 0 Å². The molecule has 7 nitrogen and oxygen atoms in total. The maximum atomic E-state index is 13.3. The zero-order valence-corrected chi connectivity index (χ0v) is 20.2. The van der Waals surface area contributed by atoms with E-state index >= 15 is 0 Å². The molecule has 1 unspecified atom stereocenters. The molecule has 0 spiro atoms. The van der Waals surface area contributed by atoms with Crippen LogP contribution < -0.4 is 15.0 Å². The Morgan fingerprint density at radius 1 is 1.03 bits per heavy atom. The van der Waals surface area contributed by atoms with Gasteiger partial charge >= 0.3 is 6.03 Å². The van der Waals surface area contributed by atoms with E-state index in [0.717, 1.165) is 16.7 Å². The van der Waals surface area contributed by atoms with Crippen LogP contribution >= 0.6 is 11.6 Å². The summed E-state index contributed by atoms with van der Waals surface area (Å²) in [6.45, 7) is 3.88. The van der Waals surface area contributed by atoms with Gasteiger partial charge < -0.3 is 14.6 Å². The average Bonchev–Trinajstić information content (AvgIpc) is 3.34. The van der Waals surface area contributed by atoms with Gasteiger partial charge in [0.15, 0.2) is 0 Å². The van der Waals surface area contributed by atoms with E-state index in [2.05, 4.69) is 10.5 Å². The van der Waals surface area contributed by atoms with E-state index in [0.29, 0.717) is 39.4 Å². The lowest BCUT2D eigenvalue weighted by Crippen LogP contribution is -2.46. The molecule has 2 heterocycles. The smallest absolute Gasteiger partial charge is 0.326 e. The number of nitrogens with one attached hydrogen (secondary N) is 1. The van der Waals surface area contributed by atoms with Crippen LogP contribution in [0.15, 0.2) is 83.0 Å². The molecule has 5 rings (SSSR count). The molecule has 0 radical (unpaired) electrons. The van der Waals surface area contributed by atoms with E-state index in [9.17, 15) is 4.79 Å². The van der Waals surface area contributed by atoms with Crippen molar-refractivity contribution in [2.75, 3.05) is 12.0 Å². The van der Waals surface area contributed by atoms with E-state index in [-0.39, 0.29) is 6.03 Å². The maximum absolute atomic E-state index is 13.3. The molecule has 0 aliphatic carbocycles. The number of aromatic nitrogens is 2. The molecule has 1 N–H and O–H groups in total. The molecule has 1 aliphatic heterocycles. The van der Waals surface area contributed by atoms with E-state index in [1.165, 1.54) is 0 Å². The second kappa shape index (κ2) is 9.27. The zero-order chi connectivity index (χ0) is 24.5. The van der Waals surface area contributed by atoms with Crippen molar-refractivity contribution in [2.45, 2.75) is 19.9 Å². The number of carbonyl (C=O) groups excluding carboxylic acids is 1. The van der Waals surface area contributed by atoms with Gasteiger partial charge in [0.25, 0.3) is 5.89 Å². The summed E-state index contributed by atoms with van der Waals surface area (Å²) in [7, 11) is 1.60. The van der Waals surface area contributed by atoms with Crippen LogP contribution in [0.1, 0.15) is 30.0 Å². The SMILES string of the molecule is COc1ccc(N2C(=O)NC(c3ccc(Cl)cc3)C(c3nc(-c4cccc(C)c4)no3)=C2C)cc1. The molecule has 1 aliphatic rings. The molecule has 8 heteroatoms. The van der Waals surface area contributed by atoms with Gasteiger partial charge in [-0.1, -0.05) is 52.7 Å². The summed E-state index contributed by atoms with van der Waals surface area (Å²) in [6.07, 6.45) is 0. The number of benzene rings is 3. The van der Waals surface area contributed by atoms with Gasteiger partial charge in [0.05, 0.1) is 24.4 Å². The molecular weight excluding hydrogens is 464 g/mol. The lowest BCUT2D eigenvalue weighted by atomic mass is 9.94. The van der Waals surface area contributed by atoms with Crippen LogP contribution in [-0.2, 0) is 0 Å². The third kappa shape index (κ3) is 4.38. The summed E-state index contributed by atoms with van der Waals surface area (Å²) in [5.41, 5.74) is 4.87. The number of allylic oxidation sites excluding steroid dienone is 1. The normalized spacial score (nSPS) is 15.8. The standard InChI is InChI=1S/C27H23ClN4O3/c1-16-5-4-6-19(15-16)25-30-26(35-31-25)23-17(2)32(21-11-13-22(34-3)14-12-21)27(33)29-24(23)18-7-9-20(28)10-8-18/h4-15,24H,1-3H3,(H,29,33). The van der Waals surface area contributed by atoms with E-state index < -0.39 is 6.04 Å². The minimum Gasteiger partial charge on any atom is -0.497 e. The summed E-state index contributed by atoms with van der Waals surface area (Å²) in [6, 6.07) is 21.7. The first kappa shape index (κ1) is 22.7. The van der Waals surface area contributed by atoms with E-state index in [1.807, 2.05) is 74.5 Å². The molecule has 1 aromatic heterocycles. The van der Waals surface area contributed by atoms with Gasteiger partial charge in [-0.3, -0.25) is 4.90 Å². The average molecular weight is 487 g/mol. The molecule has 35 heavy (non-hydrogen) atoms. The largest absolute Gasteiger partial charge is 0.497 e. The Kier molecular flexibility index (Phi) is 6.01. The summed E-state index contributed by atoms with van der Waals surface area (Å²) < 4.78 is 11.0. The minimum atomic E-state index is -0.500. The maximum Gasteiger partial charge on any atom is 0.326 e. The summed E-state index contributed by atoms with van der Waals surface area (Å²) in [4.78, 5) is 19.6. The molecule has 0 fully saturated rings. The van der Waals surface area contributed by atoms with Crippen molar-refractivity contribution < 1.29 is 14.1 Å². The summed E-state index contributed by atoms with van der Waals surface area (Å²) >= 11 is 6.11. The monoisotopic (exact) mass is 486 g/mol. The van der Waals surface area contributed by atoms with Crippen LogP contribution in [-0.4, -0.2) is 23.3 Å². The number of amides is 2. The number of nitrogens with zero attached hydrogens (tertiary/aromatic N) is 3. The van der Waals surface area contributed by atoms with Crippen LogP contribution in [0.25, 0.3) is 17.0 Å². The Hall–Kier alpha value is -4.10. The number of anilines is 1. The highest BCUT2D eigenvalue weighted by atomic mass is 35.5. The Bertz CT molecular complexity index is 1410. The number of aryl methyl sites for hydroxylation is 1. The Labute approximate surface area is 208 Å². The number of rotatable bonds is 5. The van der Waals surface area contributed by atoms with Crippen molar-refractivity contribution in [1.82, 2.24) is 15.5 Å². The molecule has 1 atom stereocenters. The second-order valence-electron chi connectivity index (χ2n) is 8.26. The number of hydrogen-bond donors (Lipinski definition) is 1. The molecule has 176 valence electrons. The minimum absolute atomic E-state index is 0.269. The van der Waals surface area contributed by atoms with Gasteiger partial charge in [0.1, 0.15) is 5.75 Å². The molecule has 3 aromatic carbocycles. The van der Waals surface area contributed by atoms with E-state index in [1.54, 1.807) is 24.1 Å². The summed E-state index contributed by atoms with van der Waals surface area (Å²) in [5, 5.41) is 7.93. The predicted octanol–water partition coefficient (Wildman–Crippen LogP) is 6.41. The van der Waals surface area contributed by atoms with E-state index in [4.69, 9.17) is 25.8 Å². The van der Waals surface area contributed by atoms with Crippen molar-refractivity contribution in [3.8, 4) is 17.1 Å². The molecule has 0 saturated carbocycles. The molecule has 2 amide bonds. The number of halogens is 1. The topological polar surface area (TPSA) is 80.5 Å². The highest BCUT2D eigenvalue weighted by molar-refractivity contribution is 6.30. The first-order valence-electron chi connectivity index (χ1n) is 11.1. The fourth-order valence-corrected chi connectivity index (χ4v) is 4.33. The van der Waals surface area contributed by atoms with Crippen LogP contribution in [0.2, 0.25) is 5.02 Å². The van der Waals surface area contributed by atoms with Crippen LogP contribution in [0, 0.1) is 6.92 Å². The highest BCUT2D eigenvalue weighted by Gasteiger charge is 2.36. The zero-order valence-electron chi connectivity index (χ0n) is 19.4. The molecular formula is C27H23ClN4O3. The van der Waals surface area contributed by atoms with Gasteiger partial charge in [-0.25, -0.2) is 4.79 Å². The lowest BCUT2D eigenvalue weighted by Gasteiger charge is -2.35. The van der Waals surface area contributed by atoms with Gasteiger partial charge in [0.2, 0.25) is 5.82 Å². The van der Waals surface area contributed by atoms with Crippen molar-refractivity contribution in [3.63, 3.8) is 0 Å². The Morgan fingerprint density at radius 2 is 1.77 bits per heavy atom. The van der Waals surface area contributed by atoms with Gasteiger partial charge in [0, 0.05) is 16.3 Å². The highest BCUT2D eigenvalue weighted by Crippen LogP contribution is 2.39. The molecule has 0 saturated heterocycles. The molecule has 4 aromatic rings. The first-order valence-corrected chi connectivity index (χ1v) is 11.4. The third-order valence-electron chi connectivity index (χ3n) is 5.95. The third-order valence-corrected chi connectivity index (χ3v) is 6.20. The van der Waals surface area contributed by atoms with Crippen molar-refractivity contribution >= 4 is 28.9 Å². The number of urea groups is 1. The number of hydrogen-bond acceptors (Lipinski definition) is 5. The summed E-state index contributed by atoms with van der Waals surface area (Å²) in [5.74, 6) is 1.51. The van der Waals surface area contributed by atoms with Gasteiger partial charge in [-0.15, -0.1) is 0 Å². The fourth-order valence-electron chi connectivity index (χ4n) is 4.20. The molecule has 0 bridgehead atoms. The first-order chi connectivity index (χ1) is 16.9. The van der Waals surface area contributed by atoms with Crippen molar-refractivity contribution in [3.05, 3.63) is 101 Å². The van der Waals surface area contributed by atoms with Crippen molar-refractivity contribution in [1.29, 1.82) is 0 Å². The number of methoxy groups -OCH3 is 1. The predicted molar refractivity (Wildman–Crippen MR) is 135 cm³/mol. The van der Waals surface area contributed by atoms with Crippen LogP contribution in [0.5, 0.6) is 5.75 Å². The quantitative estimate of drug-likeness (QED) is 0.352. The number of ether oxygens (including phenoxy) is 1. The number of carbonyl (C=O) groups is 1. The van der Waals surface area contributed by atoms with Gasteiger partial charge in [-0.05, 0) is 61.9 Å². The Morgan fingerprint density at radius 3 is 2.46 bits per heavy atom.